The Kier molecular flexibility index (Phi) is 3.45. The molecule has 0 bridgehead atoms. The third kappa shape index (κ3) is 2.42. The summed E-state index contributed by atoms with van der Waals surface area (Å²) < 4.78 is 3.43. The Morgan fingerprint density at radius 3 is 2.72 bits per heavy atom. The van der Waals surface area contributed by atoms with Crippen molar-refractivity contribution < 1.29 is 4.79 Å². The number of amides is 1. The van der Waals surface area contributed by atoms with E-state index in [2.05, 4.69) is 15.4 Å². The van der Waals surface area contributed by atoms with Crippen molar-refractivity contribution in [3.8, 4) is 0 Å². The summed E-state index contributed by atoms with van der Waals surface area (Å²) in [7, 11) is 3.66. The average Bonchev–Trinajstić information content (AvgIpc) is 2.94. The first-order valence-electron chi connectivity index (χ1n) is 5.87. The fraction of sp³-hybridized carbons (Fsp3) is 0.417. The number of carbonyl (C=O) groups excluding carboxylic acids is 1. The molecule has 0 aliphatic rings. The summed E-state index contributed by atoms with van der Waals surface area (Å²) >= 11 is 0. The van der Waals surface area contributed by atoms with Crippen LogP contribution in [0.2, 0.25) is 0 Å². The molecule has 2 aromatic rings. The first-order valence-corrected chi connectivity index (χ1v) is 5.87. The van der Waals surface area contributed by atoms with Gasteiger partial charge in [0.1, 0.15) is 5.69 Å². The molecule has 1 unspecified atom stereocenters. The minimum absolute atomic E-state index is 0.0268. The number of aromatic nitrogens is 4. The van der Waals surface area contributed by atoms with Crippen molar-refractivity contribution in [1.29, 1.82) is 0 Å². The Bertz CT molecular complexity index is 542. The molecular formula is C12H17N5O. The van der Waals surface area contributed by atoms with E-state index in [4.69, 9.17) is 0 Å². The van der Waals surface area contributed by atoms with Gasteiger partial charge in [-0.3, -0.25) is 9.48 Å². The Hall–Kier alpha value is -2.11. The van der Waals surface area contributed by atoms with Crippen molar-refractivity contribution in [2.45, 2.75) is 19.4 Å². The molecular weight excluding hydrogens is 230 g/mol. The van der Waals surface area contributed by atoms with Gasteiger partial charge in [0, 0.05) is 25.9 Å². The van der Waals surface area contributed by atoms with Crippen LogP contribution in [0, 0.1) is 0 Å². The molecule has 1 N–H and O–H groups in total. The van der Waals surface area contributed by atoms with E-state index in [1.165, 1.54) is 0 Å². The quantitative estimate of drug-likeness (QED) is 0.877. The number of aryl methyl sites for hydroxylation is 2. The molecule has 1 atom stereocenters. The fourth-order valence-electron chi connectivity index (χ4n) is 1.85. The van der Waals surface area contributed by atoms with Gasteiger partial charge in [0.2, 0.25) is 0 Å². The lowest BCUT2D eigenvalue weighted by atomic mass is 10.1. The molecule has 6 nitrogen and oxygen atoms in total. The topological polar surface area (TPSA) is 64.7 Å². The average molecular weight is 247 g/mol. The first-order chi connectivity index (χ1) is 8.61. The van der Waals surface area contributed by atoms with Crippen molar-refractivity contribution >= 4 is 5.91 Å². The van der Waals surface area contributed by atoms with Gasteiger partial charge in [-0.15, -0.1) is 0 Å². The van der Waals surface area contributed by atoms with Gasteiger partial charge in [-0.2, -0.15) is 5.10 Å². The minimum Gasteiger partial charge on any atom is -0.344 e. The molecule has 2 rings (SSSR count). The number of imidazole rings is 1. The maximum atomic E-state index is 12.1. The third-order valence-corrected chi connectivity index (χ3v) is 2.89. The van der Waals surface area contributed by atoms with Gasteiger partial charge in [0.05, 0.1) is 24.8 Å². The third-order valence-electron chi connectivity index (χ3n) is 2.89. The molecule has 0 aliphatic carbocycles. The van der Waals surface area contributed by atoms with Crippen molar-refractivity contribution in [3.05, 3.63) is 36.2 Å². The van der Waals surface area contributed by atoms with Gasteiger partial charge >= 0.3 is 0 Å². The molecule has 6 heteroatoms. The van der Waals surface area contributed by atoms with E-state index in [9.17, 15) is 4.79 Å². The summed E-state index contributed by atoms with van der Waals surface area (Å²) in [6.07, 6.45) is 7.68. The monoisotopic (exact) mass is 247 g/mol. The molecule has 0 radical (unpaired) electrons. The van der Waals surface area contributed by atoms with Crippen LogP contribution in [-0.4, -0.2) is 25.2 Å². The first kappa shape index (κ1) is 12.3. The molecule has 0 saturated carbocycles. The molecule has 0 aromatic carbocycles. The van der Waals surface area contributed by atoms with Crippen molar-refractivity contribution in [2.75, 3.05) is 0 Å². The molecule has 2 aromatic heterocycles. The van der Waals surface area contributed by atoms with Gasteiger partial charge in [-0.05, 0) is 6.42 Å². The van der Waals surface area contributed by atoms with E-state index >= 15 is 0 Å². The maximum absolute atomic E-state index is 12.1. The smallest absolute Gasteiger partial charge is 0.270 e. The van der Waals surface area contributed by atoms with Crippen LogP contribution >= 0.6 is 0 Å². The molecule has 1 amide bonds. The van der Waals surface area contributed by atoms with E-state index in [-0.39, 0.29) is 11.9 Å². The van der Waals surface area contributed by atoms with Crippen LogP contribution < -0.4 is 5.32 Å². The predicted molar refractivity (Wildman–Crippen MR) is 66.9 cm³/mol. The van der Waals surface area contributed by atoms with Crippen LogP contribution in [0.5, 0.6) is 0 Å². The van der Waals surface area contributed by atoms with E-state index in [1.54, 1.807) is 35.0 Å². The second-order valence-corrected chi connectivity index (χ2v) is 4.27. The normalized spacial score (nSPS) is 12.4. The summed E-state index contributed by atoms with van der Waals surface area (Å²) in [5, 5.41) is 7.11. The molecule has 18 heavy (non-hydrogen) atoms. The van der Waals surface area contributed by atoms with Crippen LogP contribution in [0.15, 0.2) is 24.9 Å². The highest BCUT2D eigenvalue weighted by Crippen LogP contribution is 2.16. The lowest BCUT2D eigenvalue weighted by molar-refractivity contribution is 0.0927. The zero-order valence-electron chi connectivity index (χ0n) is 10.8. The highest BCUT2D eigenvalue weighted by atomic mass is 16.2. The number of hydrogen-bond donors (Lipinski definition) is 1. The fourth-order valence-corrected chi connectivity index (χ4v) is 1.85. The van der Waals surface area contributed by atoms with Crippen molar-refractivity contribution in [3.63, 3.8) is 0 Å². The van der Waals surface area contributed by atoms with Crippen molar-refractivity contribution in [2.24, 2.45) is 14.1 Å². The molecule has 0 saturated heterocycles. The zero-order chi connectivity index (χ0) is 13.1. The zero-order valence-corrected chi connectivity index (χ0v) is 10.8. The van der Waals surface area contributed by atoms with Crippen molar-refractivity contribution in [1.82, 2.24) is 24.6 Å². The Morgan fingerprint density at radius 2 is 2.22 bits per heavy atom. The molecule has 0 spiro atoms. The second kappa shape index (κ2) is 5.03. The summed E-state index contributed by atoms with van der Waals surface area (Å²) in [5.74, 6) is -0.120. The summed E-state index contributed by atoms with van der Waals surface area (Å²) in [4.78, 5) is 16.0. The Labute approximate surface area is 106 Å². The number of nitrogens with one attached hydrogen (secondary N) is 1. The Morgan fingerprint density at radius 1 is 1.44 bits per heavy atom. The van der Waals surface area contributed by atoms with Crippen LogP contribution in [0.1, 0.15) is 35.4 Å². The second-order valence-electron chi connectivity index (χ2n) is 4.27. The standard InChI is InChI=1S/C12H17N5O/c1-4-10(9-5-14-17(3)7-9)15-12(18)11-6-13-8-16(11)2/h5-8,10H,4H2,1-3H3,(H,15,18). The van der Waals surface area contributed by atoms with Crippen LogP contribution in [0.25, 0.3) is 0 Å². The molecule has 96 valence electrons. The van der Waals surface area contributed by atoms with Gasteiger partial charge in [0.15, 0.2) is 0 Å². The van der Waals surface area contributed by atoms with Gasteiger partial charge in [0.25, 0.3) is 5.91 Å². The van der Waals surface area contributed by atoms with Gasteiger partial charge in [-0.1, -0.05) is 6.92 Å². The maximum Gasteiger partial charge on any atom is 0.270 e. The summed E-state index contributed by atoms with van der Waals surface area (Å²) in [6, 6.07) is -0.0268. The predicted octanol–water partition coefficient (Wildman–Crippen LogP) is 1.03. The highest BCUT2D eigenvalue weighted by molar-refractivity contribution is 5.92. The lowest BCUT2D eigenvalue weighted by Crippen LogP contribution is -2.29. The highest BCUT2D eigenvalue weighted by Gasteiger charge is 2.17. The van der Waals surface area contributed by atoms with E-state index in [1.807, 2.05) is 20.2 Å². The van der Waals surface area contributed by atoms with E-state index < -0.39 is 0 Å². The van der Waals surface area contributed by atoms with Crippen LogP contribution in [-0.2, 0) is 14.1 Å². The van der Waals surface area contributed by atoms with Crippen LogP contribution in [0.3, 0.4) is 0 Å². The lowest BCUT2D eigenvalue weighted by Gasteiger charge is -2.15. The minimum atomic E-state index is -0.120. The van der Waals surface area contributed by atoms with Gasteiger partial charge in [-0.25, -0.2) is 4.98 Å². The summed E-state index contributed by atoms with van der Waals surface area (Å²) in [6.45, 7) is 2.03. The summed E-state index contributed by atoms with van der Waals surface area (Å²) in [5.41, 5.74) is 1.56. The van der Waals surface area contributed by atoms with Gasteiger partial charge < -0.3 is 9.88 Å². The number of rotatable bonds is 4. The van der Waals surface area contributed by atoms with E-state index in [0.717, 1.165) is 12.0 Å². The number of nitrogens with zero attached hydrogens (tertiary/aromatic N) is 4. The van der Waals surface area contributed by atoms with Crippen LogP contribution in [0.4, 0.5) is 0 Å². The number of carbonyl (C=O) groups is 1. The molecule has 0 fully saturated rings. The molecule has 2 heterocycles. The largest absolute Gasteiger partial charge is 0.344 e. The number of hydrogen-bond acceptors (Lipinski definition) is 3. The molecule has 0 aliphatic heterocycles. The van der Waals surface area contributed by atoms with E-state index in [0.29, 0.717) is 5.69 Å². The Balaban J connectivity index is 2.12. The SMILES string of the molecule is CCC(NC(=O)c1cncn1C)c1cnn(C)c1.